The van der Waals surface area contributed by atoms with Crippen LogP contribution < -0.4 is 5.56 Å². The molecule has 0 aliphatic carbocycles. The van der Waals surface area contributed by atoms with Crippen molar-refractivity contribution in [2.24, 2.45) is 0 Å². The largest absolute Gasteiger partial charge is 0.310 e. The highest BCUT2D eigenvalue weighted by atomic mass is 16.1. The lowest BCUT2D eigenvalue weighted by Gasteiger charge is -2.35. The first-order chi connectivity index (χ1) is 12.3. The molecule has 6 nitrogen and oxygen atoms in total. The number of nitrogens with one attached hydrogen (secondary N) is 1. The number of aromatic nitrogens is 4. The van der Waals surface area contributed by atoms with E-state index in [9.17, 15) is 4.79 Å². The molecule has 0 amide bonds. The number of aromatic amines is 1. The number of hydrogen-bond acceptors (Lipinski definition) is 4. The zero-order valence-electron chi connectivity index (χ0n) is 14.3. The van der Waals surface area contributed by atoms with Gasteiger partial charge in [0.05, 0.1) is 17.4 Å². The Hall–Kier alpha value is -2.47. The number of H-pyrrole nitrogens is 1. The Kier molecular flexibility index (Phi) is 4.61. The SMILES string of the molecule is O=c1[nH]c(CCN2CCCCC2Cn2cccn2)nc2ccccc12. The summed E-state index contributed by atoms with van der Waals surface area (Å²) >= 11 is 0. The third-order valence-electron chi connectivity index (χ3n) is 5.00. The summed E-state index contributed by atoms with van der Waals surface area (Å²) in [7, 11) is 0. The van der Waals surface area contributed by atoms with Gasteiger partial charge in [0, 0.05) is 31.4 Å². The van der Waals surface area contributed by atoms with Crippen molar-refractivity contribution in [3.05, 3.63) is 58.9 Å². The van der Waals surface area contributed by atoms with Crippen LogP contribution in [0.2, 0.25) is 0 Å². The summed E-state index contributed by atoms with van der Waals surface area (Å²) in [6.07, 6.45) is 8.31. The lowest BCUT2D eigenvalue weighted by Crippen LogP contribution is -2.43. The Labute approximate surface area is 146 Å². The number of fused-ring (bicyclic) bond motifs is 1. The van der Waals surface area contributed by atoms with Gasteiger partial charge in [0.1, 0.15) is 5.82 Å². The van der Waals surface area contributed by atoms with Crippen LogP contribution in [0, 0.1) is 0 Å². The van der Waals surface area contributed by atoms with Gasteiger partial charge in [-0.2, -0.15) is 5.10 Å². The summed E-state index contributed by atoms with van der Waals surface area (Å²) in [4.78, 5) is 22.3. The molecule has 1 atom stereocenters. The Balaban J connectivity index is 1.46. The van der Waals surface area contributed by atoms with Crippen molar-refractivity contribution < 1.29 is 0 Å². The molecule has 2 aromatic heterocycles. The van der Waals surface area contributed by atoms with Crippen molar-refractivity contribution in [1.29, 1.82) is 0 Å². The van der Waals surface area contributed by atoms with E-state index >= 15 is 0 Å². The van der Waals surface area contributed by atoms with E-state index < -0.39 is 0 Å². The van der Waals surface area contributed by atoms with E-state index in [2.05, 4.69) is 20.0 Å². The molecule has 1 saturated heterocycles. The molecule has 1 fully saturated rings. The second-order valence-electron chi connectivity index (χ2n) is 6.69. The Morgan fingerprint density at radius 2 is 2.12 bits per heavy atom. The molecule has 1 aliphatic heterocycles. The quantitative estimate of drug-likeness (QED) is 0.775. The Morgan fingerprint density at radius 3 is 3.00 bits per heavy atom. The van der Waals surface area contributed by atoms with Gasteiger partial charge in [-0.15, -0.1) is 0 Å². The van der Waals surface area contributed by atoms with Crippen LogP contribution in [0.25, 0.3) is 10.9 Å². The molecule has 6 heteroatoms. The monoisotopic (exact) mass is 337 g/mol. The van der Waals surface area contributed by atoms with E-state index in [4.69, 9.17) is 0 Å². The number of benzene rings is 1. The third-order valence-corrected chi connectivity index (χ3v) is 5.00. The van der Waals surface area contributed by atoms with E-state index in [1.165, 1.54) is 19.3 Å². The minimum atomic E-state index is -0.0488. The van der Waals surface area contributed by atoms with Crippen LogP contribution in [0.15, 0.2) is 47.5 Å². The fourth-order valence-corrected chi connectivity index (χ4v) is 3.69. The fraction of sp³-hybridized carbons (Fsp3) is 0.421. The van der Waals surface area contributed by atoms with Gasteiger partial charge >= 0.3 is 0 Å². The predicted molar refractivity (Wildman–Crippen MR) is 97.5 cm³/mol. The van der Waals surface area contributed by atoms with E-state index in [-0.39, 0.29) is 5.56 Å². The van der Waals surface area contributed by atoms with E-state index in [1.807, 2.05) is 47.4 Å². The summed E-state index contributed by atoms with van der Waals surface area (Å²) in [5.74, 6) is 0.770. The molecule has 1 aliphatic rings. The first-order valence-corrected chi connectivity index (χ1v) is 8.99. The highest BCUT2D eigenvalue weighted by Gasteiger charge is 2.22. The van der Waals surface area contributed by atoms with Crippen LogP contribution in [-0.4, -0.2) is 43.8 Å². The summed E-state index contributed by atoms with van der Waals surface area (Å²) in [5.41, 5.74) is 0.723. The molecule has 0 spiro atoms. The highest BCUT2D eigenvalue weighted by molar-refractivity contribution is 5.77. The number of nitrogens with zero attached hydrogens (tertiary/aromatic N) is 4. The molecular formula is C19H23N5O. The van der Waals surface area contributed by atoms with Gasteiger partial charge in [0.25, 0.3) is 5.56 Å². The molecule has 3 heterocycles. The van der Waals surface area contributed by atoms with Crippen molar-refractivity contribution in [2.75, 3.05) is 13.1 Å². The van der Waals surface area contributed by atoms with Crippen LogP contribution in [0.3, 0.4) is 0 Å². The summed E-state index contributed by atoms with van der Waals surface area (Å²) in [6.45, 7) is 2.94. The second-order valence-corrected chi connectivity index (χ2v) is 6.69. The van der Waals surface area contributed by atoms with Crippen LogP contribution in [-0.2, 0) is 13.0 Å². The predicted octanol–water partition coefficient (Wildman–Crippen LogP) is 2.22. The van der Waals surface area contributed by atoms with Gasteiger partial charge < -0.3 is 4.98 Å². The Morgan fingerprint density at radius 1 is 1.20 bits per heavy atom. The zero-order chi connectivity index (χ0) is 17.1. The van der Waals surface area contributed by atoms with Crippen molar-refractivity contribution >= 4 is 10.9 Å². The maximum absolute atomic E-state index is 12.2. The van der Waals surface area contributed by atoms with Crippen LogP contribution >= 0.6 is 0 Å². The zero-order valence-corrected chi connectivity index (χ0v) is 14.3. The molecule has 1 aromatic carbocycles. The normalized spacial score (nSPS) is 18.6. The molecule has 130 valence electrons. The molecule has 3 aromatic rings. The number of likely N-dealkylation sites (tertiary alicyclic amines) is 1. The van der Waals surface area contributed by atoms with Crippen molar-refractivity contribution in [2.45, 2.75) is 38.3 Å². The lowest BCUT2D eigenvalue weighted by atomic mass is 10.0. The second kappa shape index (κ2) is 7.19. The highest BCUT2D eigenvalue weighted by Crippen LogP contribution is 2.18. The van der Waals surface area contributed by atoms with E-state index in [1.54, 1.807) is 0 Å². The Bertz CT molecular complexity index is 886. The number of hydrogen-bond donors (Lipinski definition) is 1. The first kappa shape index (κ1) is 16.0. The average molecular weight is 337 g/mol. The van der Waals surface area contributed by atoms with E-state index in [0.29, 0.717) is 11.4 Å². The van der Waals surface area contributed by atoms with Gasteiger partial charge in [-0.1, -0.05) is 18.6 Å². The van der Waals surface area contributed by atoms with Gasteiger partial charge in [-0.3, -0.25) is 14.4 Å². The summed E-state index contributed by atoms with van der Waals surface area (Å²) in [5, 5.41) is 4.99. The van der Waals surface area contributed by atoms with E-state index in [0.717, 1.165) is 37.4 Å². The molecule has 1 unspecified atom stereocenters. The van der Waals surface area contributed by atoms with Crippen LogP contribution in [0.1, 0.15) is 25.1 Å². The first-order valence-electron chi connectivity index (χ1n) is 8.99. The van der Waals surface area contributed by atoms with Gasteiger partial charge in [-0.05, 0) is 37.6 Å². The summed E-state index contributed by atoms with van der Waals surface area (Å²) < 4.78 is 2.01. The molecule has 4 rings (SSSR count). The van der Waals surface area contributed by atoms with Gasteiger partial charge in [0.15, 0.2) is 0 Å². The van der Waals surface area contributed by atoms with Gasteiger partial charge in [0.2, 0.25) is 0 Å². The number of piperidine rings is 1. The van der Waals surface area contributed by atoms with Crippen molar-refractivity contribution in [3.8, 4) is 0 Å². The lowest BCUT2D eigenvalue weighted by molar-refractivity contribution is 0.130. The standard InChI is InChI=1S/C19H23N5O/c25-19-16-7-1-2-8-17(16)21-18(22-19)9-13-23-11-4-3-6-15(23)14-24-12-5-10-20-24/h1-2,5,7-8,10,12,15H,3-4,6,9,11,13-14H2,(H,21,22,25). The maximum atomic E-state index is 12.2. The molecular weight excluding hydrogens is 314 g/mol. The topological polar surface area (TPSA) is 66.8 Å². The molecule has 0 radical (unpaired) electrons. The number of para-hydroxylation sites is 1. The minimum Gasteiger partial charge on any atom is -0.310 e. The van der Waals surface area contributed by atoms with Crippen LogP contribution in [0.4, 0.5) is 0 Å². The fourth-order valence-electron chi connectivity index (χ4n) is 3.69. The molecule has 1 N–H and O–H groups in total. The summed E-state index contributed by atoms with van der Waals surface area (Å²) in [6, 6.07) is 9.97. The smallest absolute Gasteiger partial charge is 0.258 e. The molecule has 0 bridgehead atoms. The molecule has 0 saturated carbocycles. The minimum absolute atomic E-state index is 0.0488. The van der Waals surface area contributed by atoms with Gasteiger partial charge in [-0.25, -0.2) is 4.98 Å². The van der Waals surface area contributed by atoms with Crippen molar-refractivity contribution in [3.63, 3.8) is 0 Å². The number of rotatable bonds is 5. The van der Waals surface area contributed by atoms with Crippen LogP contribution in [0.5, 0.6) is 0 Å². The average Bonchev–Trinajstić information content (AvgIpc) is 3.14. The third kappa shape index (κ3) is 3.64. The molecule has 25 heavy (non-hydrogen) atoms. The maximum Gasteiger partial charge on any atom is 0.258 e. The van der Waals surface area contributed by atoms with Crippen molar-refractivity contribution in [1.82, 2.24) is 24.6 Å².